The Morgan fingerprint density at radius 1 is 1.11 bits per heavy atom. The minimum absolute atomic E-state index is 0.102. The summed E-state index contributed by atoms with van der Waals surface area (Å²) in [6.45, 7) is 1.58. The number of amides is 2. The molecule has 2 aliphatic heterocycles. The third-order valence-corrected chi connectivity index (χ3v) is 4.59. The van der Waals surface area contributed by atoms with Crippen molar-refractivity contribution < 1.29 is 23.9 Å². The van der Waals surface area contributed by atoms with E-state index >= 15 is 0 Å². The summed E-state index contributed by atoms with van der Waals surface area (Å²) < 4.78 is 11.1. The molecule has 2 aromatic carbocycles. The Morgan fingerprint density at radius 3 is 2.70 bits per heavy atom. The van der Waals surface area contributed by atoms with Gasteiger partial charge < -0.3 is 14.4 Å². The van der Waals surface area contributed by atoms with E-state index in [1.54, 1.807) is 23.1 Å². The van der Waals surface area contributed by atoms with Gasteiger partial charge in [0.25, 0.3) is 0 Å². The van der Waals surface area contributed by atoms with Gasteiger partial charge in [0.05, 0.1) is 12.5 Å². The van der Waals surface area contributed by atoms with Crippen molar-refractivity contribution in [3.63, 3.8) is 0 Å². The fourth-order valence-electron chi connectivity index (χ4n) is 3.18. The molecule has 140 valence electrons. The number of ether oxygens (including phenoxy) is 2. The Morgan fingerprint density at radius 2 is 1.89 bits per heavy atom. The van der Waals surface area contributed by atoms with Crippen molar-refractivity contribution in [2.75, 3.05) is 24.7 Å². The Bertz CT molecular complexity index is 840. The molecule has 27 heavy (non-hydrogen) atoms. The second-order valence-electron chi connectivity index (χ2n) is 6.47. The molecule has 0 aromatic heterocycles. The van der Waals surface area contributed by atoms with Crippen LogP contribution in [-0.2, 0) is 21.0 Å². The Labute approximate surface area is 156 Å². The molecule has 4 rings (SSSR count). The second kappa shape index (κ2) is 7.67. The normalized spacial score (nSPS) is 18.4. The molecule has 0 aliphatic carbocycles. The summed E-state index contributed by atoms with van der Waals surface area (Å²) in [5.41, 5.74) is 4.11. The van der Waals surface area contributed by atoms with E-state index in [1.807, 2.05) is 30.3 Å². The van der Waals surface area contributed by atoms with Crippen molar-refractivity contribution >= 4 is 17.5 Å². The van der Waals surface area contributed by atoms with Gasteiger partial charge in [-0.05, 0) is 17.7 Å². The first kappa shape index (κ1) is 17.4. The molecule has 7 heteroatoms. The number of hydrogen-bond donors (Lipinski definition) is 1. The third-order valence-electron chi connectivity index (χ3n) is 4.59. The highest BCUT2D eigenvalue weighted by Gasteiger charge is 2.35. The summed E-state index contributed by atoms with van der Waals surface area (Å²) in [4.78, 5) is 31.6. The van der Waals surface area contributed by atoms with Crippen LogP contribution < -0.4 is 19.9 Å². The van der Waals surface area contributed by atoms with Gasteiger partial charge in [0.15, 0.2) is 11.5 Å². The summed E-state index contributed by atoms with van der Waals surface area (Å²) in [5.74, 6) is 0.432. The molecule has 1 fully saturated rings. The van der Waals surface area contributed by atoms with Gasteiger partial charge in [-0.15, -0.1) is 0 Å². The molecule has 1 saturated heterocycles. The van der Waals surface area contributed by atoms with Crippen LogP contribution in [0.4, 0.5) is 5.69 Å². The molecule has 2 aliphatic rings. The van der Waals surface area contributed by atoms with Crippen LogP contribution in [0.15, 0.2) is 48.5 Å². The van der Waals surface area contributed by atoms with Crippen LogP contribution in [-0.4, -0.2) is 31.6 Å². The molecule has 0 unspecified atom stereocenters. The van der Waals surface area contributed by atoms with Crippen LogP contribution in [0.3, 0.4) is 0 Å². The maximum Gasteiger partial charge on any atom is 0.248 e. The number of fused-ring (bicyclic) bond motifs is 1. The molecule has 1 atom stereocenters. The molecule has 7 nitrogen and oxygen atoms in total. The molecule has 0 bridgehead atoms. The lowest BCUT2D eigenvalue weighted by Crippen LogP contribution is -2.33. The standard InChI is InChI=1S/C20H20N2O5/c23-19-10-15(20(24)21-27-13-14-4-2-1-3-5-14)12-22(19)16-6-7-17-18(11-16)26-9-8-25-17/h1-7,11,15H,8-10,12-13H2,(H,21,24)/t15-/m1/s1. The van der Waals surface area contributed by atoms with Gasteiger partial charge in [-0.2, -0.15) is 0 Å². The molecule has 2 aromatic rings. The van der Waals surface area contributed by atoms with E-state index in [4.69, 9.17) is 14.3 Å². The lowest BCUT2D eigenvalue weighted by Gasteiger charge is -2.22. The lowest BCUT2D eigenvalue weighted by molar-refractivity contribution is -0.138. The van der Waals surface area contributed by atoms with Gasteiger partial charge in [0.1, 0.15) is 13.2 Å². The average Bonchev–Trinajstić information content (AvgIpc) is 3.10. The predicted octanol–water partition coefficient (Wildman–Crippen LogP) is 2.06. The zero-order valence-corrected chi connectivity index (χ0v) is 14.7. The zero-order valence-electron chi connectivity index (χ0n) is 14.7. The smallest absolute Gasteiger partial charge is 0.248 e. The summed E-state index contributed by atoms with van der Waals surface area (Å²) in [6, 6.07) is 14.9. The minimum Gasteiger partial charge on any atom is -0.486 e. The molecule has 2 heterocycles. The quantitative estimate of drug-likeness (QED) is 0.818. The molecule has 1 N–H and O–H groups in total. The topological polar surface area (TPSA) is 77.1 Å². The highest BCUT2D eigenvalue weighted by atomic mass is 16.6. The Kier molecular flexibility index (Phi) is 4.93. The van der Waals surface area contributed by atoms with Gasteiger partial charge in [0, 0.05) is 24.7 Å². The first-order valence-electron chi connectivity index (χ1n) is 8.86. The fraction of sp³-hybridized carbons (Fsp3) is 0.300. The number of hydrogen-bond acceptors (Lipinski definition) is 5. The number of carbonyl (C=O) groups excluding carboxylic acids is 2. The van der Waals surface area contributed by atoms with Crippen LogP contribution in [0.5, 0.6) is 11.5 Å². The number of hydroxylamine groups is 1. The number of anilines is 1. The summed E-state index contributed by atoms with van der Waals surface area (Å²) in [7, 11) is 0. The number of nitrogens with one attached hydrogen (secondary N) is 1. The molecule has 2 amide bonds. The predicted molar refractivity (Wildman–Crippen MR) is 97.3 cm³/mol. The summed E-state index contributed by atoms with van der Waals surface area (Å²) >= 11 is 0. The van der Waals surface area contributed by atoms with Crippen molar-refractivity contribution in [1.82, 2.24) is 5.48 Å². The third kappa shape index (κ3) is 3.88. The van der Waals surface area contributed by atoms with Crippen LogP contribution in [0.2, 0.25) is 0 Å². The van der Waals surface area contributed by atoms with E-state index < -0.39 is 5.92 Å². The number of carbonyl (C=O) groups is 2. The van der Waals surface area contributed by atoms with Gasteiger partial charge in [0.2, 0.25) is 11.8 Å². The van der Waals surface area contributed by atoms with E-state index in [2.05, 4.69) is 5.48 Å². The van der Waals surface area contributed by atoms with E-state index in [0.717, 1.165) is 5.56 Å². The van der Waals surface area contributed by atoms with Crippen molar-refractivity contribution in [3.05, 3.63) is 54.1 Å². The average molecular weight is 368 g/mol. The van der Waals surface area contributed by atoms with Crippen LogP contribution in [0.1, 0.15) is 12.0 Å². The Balaban J connectivity index is 1.35. The van der Waals surface area contributed by atoms with Crippen molar-refractivity contribution in [2.24, 2.45) is 5.92 Å². The zero-order chi connectivity index (χ0) is 18.6. The lowest BCUT2D eigenvalue weighted by atomic mass is 10.1. The SMILES string of the molecule is O=C(NOCc1ccccc1)[C@@H]1CC(=O)N(c2ccc3c(c2)OCCO3)C1. The summed E-state index contributed by atoms with van der Waals surface area (Å²) in [5, 5.41) is 0. The van der Waals surface area contributed by atoms with Crippen molar-refractivity contribution in [1.29, 1.82) is 0 Å². The number of rotatable bonds is 5. The molecule has 0 radical (unpaired) electrons. The van der Waals surface area contributed by atoms with Crippen molar-refractivity contribution in [3.8, 4) is 11.5 Å². The fourth-order valence-corrected chi connectivity index (χ4v) is 3.18. The molecular formula is C20H20N2O5. The minimum atomic E-state index is -0.457. The first-order chi connectivity index (χ1) is 13.2. The van der Waals surface area contributed by atoms with E-state index in [0.29, 0.717) is 36.9 Å². The van der Waals surface area contributed by atoms with Gasteiger partial charge in [-0.25, -0.2) is 5.48 Å². The molecular weight excluding hydrogens is 348 g/mol. The molecule has 0 saturated carbocycles. The second-order valence-corrected chi connectivity index (χ2v) is 6.47. The van der Waals surface area contributed by atoms with Crippen molar-refractivity contribution in [2.45, 2.75) is 13.0 Å². The largest absolute Gasteiger partial charge is 0.486 e. The van der Waals surface area contributed by atoms with E-state index in [1.165, 1.54) is 0 Å². The van der Waals surface area contributed by atoms with E-state index in [-0.39, 0.29) is 24.8 Å². The monoisotopic (exact) mass is 368 g/mol. The number of benzene rings is 2. The van der Waals surface area contributed by atoms with Crippen LogP contribution in [0, 0.1) is 5.92 Å². The maximum atomic E-state index is 12.4. The highest BCUT2D eigenvalue weighted by molar-refractivity contribution is 6.00. The molecule has 0 spiro atoms. The maximum absolute atomic E-state index is 12.4. The van der Waals surface area contributed by atoms with Gasteiger partial charge in [-0.1, -0.05) is 30.3 Å². The van der Waals surface area contributed by atoms with Gasteiger partial charge in [-0.3, -0.25) is 14.4 Å². The highest BCUT2D eigenvalue weighted by Crippen LogP contribution is 2.35. The van der Waals surface area contributed by atoms with Crippen LogP contribution >= 0.6 is 0 Å². The van der Waals surface area contributed by atoms with Gasteiger partial charge >= 0.3 is 0 Å². The van der Waals surface area contributed by atoms with Crippen LogP contribution in [0.25, 0.3) is 0 Å². The first-order valence-corrected chi connectivity index (χ1v) is 8.86. The Hall–Kier alpha value is -3.06. The van der Waals surface area contributed by atoms with E-state index in [9.17, 15) is 9.59 Å². The number of nitrogens with zero attached hydrogens (tertiary/aromatic N) is 1. The summed E-state index contributed by atoms with van der Waals surface area (Å²) in [6.07, 6.45) is 0.148.